The van der Waals surface area contributed by atoms with Gasteiger partial charge < -0.3 is 15.0 Å². The number of aromatic nitrogens is 3. The Bertz CT molecular complexity index is 1030. The van der Waals surface area contributed by atoms with Crippen molar-refractivity contribution in [2.75, 3.05) is 26.2 Å². The van der Waals surface area contributed by atoms with E-state index in [0.29, 0.717) is 32.8 Å². The van der Waals surface area contributed by atoms with Crippen molar-refractivity contribution in [2.45, 2.75) is 32.3 Å². The molecule has 1 N–H and O–H groups in total. The van der Waals surface area contributed by atoms with E-state index in [1.807, 2.05) is 58.1 Å². The number of ether oxygens (including phenoxy) is 1. The highest BCUT2D eigenvalue weighted by atomic mass is 16.5. The quantitative estimate of drug-likeness (QED) is 0.671. The fourth-order valence-electron chi connectivity index (χ4n) is 4.26. The van der Waals surface area contributed by atoms with Crippen LogP contribution in [0.5, 0.6) is 0 Å². The van der Waals surface area contributed by atoms with E-state index in [1.165, 1.54) is 0 Å². The average molecular weight is 433 g/mol. The number of nitrogens with zero attached hydrogens (tertiary/aromatic N) is 5. The van der Waals surface area contributed by atoms with E-state index < -0.39 is 0 Å². The Balaban J connectivity index is 1.11. The van der Waals surface area contributed by atoms with E-state index in [9.17, 15) is 4.79 Å². The number of hydrogen-bond donors (Lipinski definition) is 1. The van der Waals surface area contributed by atoms with Crippen LogP contribution in [0.25, 0.3) is 0 Å². The Morgan fingerprint density at radius 2 is 1.72 bits per heavy atom. The Morgan fingerprint density at radius 3 is 2.47 bits per heavy atom. The van der Waals surface area contributed by atoms with Gasteiger partial charge in [-0.15, -0.1) is 5.10 Å². The molecule has 3 heterocycles. The summed E-state index contributed by atoms with van der Waals surface area (Å²) in [6, 6.07) is 20.2. The van der Waals surface area contributed by atoms with E-state index in [4.69, 9.17) is 4.74 Å². The molecule has 8 nitrogen and oxygen atoms in total. The monoisotopic (exact) mass is 432 g/mol. The lowest BCUT2D eigenvalue weighted by Crippen LogP contribution is -2.51. The molecule has 2 aliphatic rings. The first-order valence-electron chi connectivity index (χ1n) is 11.1. The number of hydrogen-bond acceptors (Lipinski definition) is 5. The molecule has 1 atom stereocenters. The largest absolute Gasteiger partial charge is 0.365 e. The van der Waals surface area contributed by atoms with E-state index in [-0.39, 0.29) is 12.1 Å². The van der Waals surface area contributed by atoms with E-state index in [1.54, 1.807) is 0 Å². The molecule has 166 valence electrons. The van der Waals surface area contributed by atoms with Gasteiger partial charge in [-0.2, -0.15) is 0 Å². The Morgan fingerprint density at radius 1 is 1.00 bits per heavy atom. The maximum atomic E-state index is 12.5. The molecule has 32 heavy (non-hydrogen) atoms. The highest BCUT2D eigenvalue weighted by Gasteiger charge is 2.27. The summed E-state index contributed by atoms with van der Waals surface area (Å²) in [5.41, 5.74) is 4.30. The number of carbonyl (C=O) groups excluding carboxylic acids is 1. The molecule has 0 bridgehead atoms. The molecule has 1 fully saturated rings. The minimum Gasteiger partial charge on any atom is -0.365 e. The lowest BCUT2D eigenvalue weighted by Gasteiger charge is -2.34. The van der Waals surface area contributed by atoms with Crippen molar-refractivity contribution in [2.24, 2.45) is 0 Å². The Hall–Kier alpha value is -3.23. The normalized spacial score (nSPS) is 18.9. The Labute approximate surface area is 187 Å². The third kappa shape index (κ3) is 4.66. The molecule has 0 unspecified atom stereocenters. The van der Waals surface area contributed by atoms with Crippen LogP contribution in [0.2, 0.25) is 0 Å². The number of amides is 2. The van der Waals surface area contributed by atoms with Crippen molar-refractivity contribution in [3.8, 4) is 0 Å². The SMILES string of the molecule is O=C(NCc1ccccc1)N1CCN(Cc2nnn3c2CO[C@@H](c2ccccc2)C3)CC1. The summed E-state index contributed by atoms with van der Waals surface area (Å²) in [5, 5.41) is 11.8. The molecule has 1 saturated heterocycles. The maximum absolute atomic E-state index is 12.5. The molecule has 0 spiro atoms. The fourth-order valence-corrected chi connectivity index (χ4v) is 4.26. The molecule has 2 amide bonds. The average Bonchev–Trinajstić information content (AvgIpc) is 3.26. The smallest absolute Gasteiger partial charge is 0.317 e. The van der Waals surface area contributed by atoms with Crippen LogP contribution in [0.3, 0.4) is 0 Å². The van der Waals surface area contributed by atoms with Crippen molar-refractivity contribution in [1.82, 2.24) is 30.1 Å². The van der Waals surface area contributed by atoms with Gasteiger partial charge in [-0.3, -0.25) is 4.90 Å². The van der Waals surface area contributed by atoms with Crippen LogP contribution in [-0.2, 0) is 31.0 Å². The van der Waals surface area contributed by atoms with Crippen LogP contribution in [0.15, 0.2) is 60.7 Å². The zero-order chi connectivity index (χ0) is 21.8. The van der Waals surface area contributed by atoms with E-state index >= 15 is 0 Å². The predicted octanol–water partition coefficient (Wildman–Crippen LogP) is 2.58. The Kier molecular flexibility index (Phi) is 6.13. The van der Waals surface area contributed by atoms with Crippen LogP contribution >= 0.6 is 0 Å². The minimum absolute atomic E-state index is 0.00473. The fraction of sp³-hybridized carbons (Fsp3) is 0.375. The number of rotatable bonds is 5. The van der Waals surface area contributed by atoms with Gasteiger partial charge in [0, 0.05) is 39.3 Å². The van der Waals surface area contributed by atoms with Gasteiger partial charge in [-0.05, 0) is 11.1 Å². The number of urea groups is 1. The molecule has 2 aliphatic heterocycles. The minimum atomic E-state index is -0.00473. The van der Waals surface area contributed by atoms with Crippen LogP contribution in [0.1, 0.15) is 28.6 Å². The first-order valence-corrected chi connectivity index (χ1v) is 11.1. The summed E-state index contributed by atoms with van der Waals surface area (Å²) >= 11 is 0. The van der Waals surface area contributed by atoms with Crippen LogP contribution in [-0.4, -0.2) is 57.0 Å². The van der Waals surface area contributed by atoms with Crippen molar-refractivity contribution >= 4 is 6.03 Å². The number of nitrogens with one attached hydrogen (secondary N) is 1. The molecule has 1 aromatic heterocycles. The third-order valence-electron chi connectivity index (χ3n) is 6.17. The number of benzene rings is 2. The van der Waals surface area contributed by atoms with Gasteiger partial charge in [0.25, 0.3) is 0 Å². The summed E-state index contributed by atoms with van der Waals surface area (Å²) in [5.74, 6) is 0. The standard InChI is InChI=1S/C24H28N6O2/c31-24(25-15-19-7-3-1-4-8-19)29-13-11-28(12-14-29)16-21-22-18-32-23(17-30(22)27-26-21)20-9-5-2-6-10-20/h1-10,23H,11-18H2,(H,25,31)/t23-/m1/s1. The molecule has 0 radical (unpaired) electrons. The van der Waals surface area contributed by atoms with E-state index in [2.05, 4.69) is 32.7 Å². The summed E-state index contributed by atoms with van der Waals surface area (Å²) < 4.78 is 8.09. The highest BCUT2D eigenvalue weighted by Crippen LogP contribution is 2.27. The van der Waals surface area contributed by atoms with Crippen molar-refractivity contribution in [3.63, 3.8) is 0 Å². The lowest BCUT2D eigenvalue weighted by atomic mass is 10.1. The lowest BCUT2D eigenvalue weighted by molar-refractivity contribution is -0.00218. The van der Waals surface area contributed by atoms with Gasteiger partial charge in [0.15, 0.2) is 0 Å². The van der Waals surface area contributed by atoms with Gasteiger partial charge in [0.2, 0.25) is 0 Å². The molecular formula is C24H28N6O2. The summed E-state index contributed by atoms with van der Waals surface area (Å²) in [6.45, 7) is 5.53. The maximum Gasteiger partial charge on any atom is 0.317 e. The second-order valence-corrected chi connectivity index (χ2v) is 8.28. The van der Waals surface area contributed by atoms with Crippen molar-refractivity contribution in [3.05, 3.63) is 83.2 Å². The first kappa shape index (κ1) is 20.7. The highest BCUT2D eigenvalue weighted by molar-refractivity contribution is 5.74. The molecule has 8 heteroatoms. The second-order valence-electron chi connectivity index (χ2n) is 8.28. The molecular weight excluding hydrogens is 404 g/mol. The topological polar surface area (TPSA) is 75.5 Å². The summed E-state index contributed by atoms with van der Waals surface area (Å²) in [7, 11) is 0. The molecule has 5 rings (SSSR count). The van der Waals surface area contributed by atoms with Crippen LogP contribution in [0, 0.1) is 0 Å². The molecule has 2 aromatic carbocycles. The number of piperazine rings is 1. The van der Waals surface area contributed by atoms with Gasteiger partial charge in [0.05, 0.1) is 18.8 Å². The molecule has 3 aromatic rings. The second kappa shape index (κ2) is 9.50. The first-order chi connectivity index (χ1) is 15.8. The van der Waals surface area contributed by atoms with Crippen molar-refractivity contribution in [1.29, 1.82) is 0 Å². The number of carbonyl (C=O) groups is 1. The summed E-state index contributed by atoms with van der Waals surface area (Å²) in [6.07, 6.45) is 0.0104. The van der Waals surface area contributed by atoms with Gasteiger partial charge in [-0.1, -0.05) is 65.9 Å². The van der Waals surface area contributed by atoms with Crippen LogP contribution < -0.4 is 5.32 Å². The third-order valence-corrected chi connectivity index (χ3v) is 6.17. The zero-order valence-electron chi connectivity index (χ0n) is 18.1. The van der Waals surface area contributed by atoms with Crippen LogP contribution in [0.4, 0.5) is 4.79 Å². The summed E-state index contributed by atoms with van der Waals surface area (Å²) in [4.78, 5) is 16.7. The zero-order valence-corrected chi connectivity index (χ0v) is 18.1. The van der Waals surface area contributed by atoms with Gasteiger partial charge in [0.1, 0.15) is 11.8 Å². The van der Waals surface area contributed by atoms with Gasteiger partial charge >= 0.3 is 6.03 Å². The predicted molar refractivity (Wildman–Crippen MR) is 120 cm³/mol. The molecule has 0 aliphatic carbocycles. The molecule has 0 saturated carbocycles. The van der Waals surface area contributed by atoms with E-state index in [0.717, 1.165) is 42.1 Å². The van der Waals surface area contributed by atoms with Gasteiger partial charge in [-0.25, -0.2) is 9.48 Å². The number of fused-ring (bicyclic) bond motifs is 1. The van der Waals surface area contributed by atoms with Crippen molar-refractivity contribution < 1.29 is 9.53 Å².